The lowest BCUT2D eigenvalue weighted by Crippen LogP contribution is -2.27. The molecule has 0 radical (unpaired) electrons. The lowest BCUT2D eigenvalue weighted by molar-refractivity contribution is -0.113. The average molecular weight is 402 g/mol. The minimum Gasteiger partial charge on any atom is -0.444 e. The van der Waals surface area contributed by atoms with Crippen molar-refractivity contribution in [3.05, 3.63) is 73.3 Å². The number of ether oxygens (including phenoxy) is 1. The second-order valence-corrected chi connectivity index (χ2v) is 8.02. The Morgan fingerprint density at radius 3 is 2.40 bits per heavy atom. The fourth-order valence-electron chi connectivity index (χ4n) is 3.13. The molecule has 0 atom stereocenters. The van der Waals surface area contributed by atoms with Crippen LogP contribution in [-0.2, 0) is 9.53 Å². The fraction of sp³-hybridized carbons (Fsp3) is 0.200. The molecule has 154 valence electrons. The van der Waals surface area contributed by atoms with E-state index in [1.807, 2.05) is 81.4 Å². The van der Waals surface area contributed by atoms with Crippen molar-refractivity contribution in [2.75, 3.05) is 17.3 Å². The first kappa shape index (κ1) is 21.1. The van der Waals surface area contributed by atoms with Gasteiger partial charge < -0.3 is 9.64 Å². The predicted octanol–water partition coefficient (Wildman–Crippen LogP) is 6.00. The van der Waals surface area contributed by atoms with Gasteiger partial charge in [0, 0.05) is 18.1 Å². The smallest absolute Gasteiger partial charge is 0.412 e. The zero-order valence-electron chi connectivity index (χ0n) is 17.7. The van der Waals surface area contributed by atoms with Crippen LogP contribution in [0.3, 0.4) is 0 Å². The number of amides is 2. The van der Waals surface area contributed by atoms with E-state index in [1.165, 1.54) is 6.08 Å². The molecule has 0 unspecified atom stereocenters. The highest BCUT2D eigenvalue weighted by Gasteiger charge is 2.17. The van der Waals surface area contributed by atoms with E-state index in [1.54, 1.807) is 11.9 Å². The largest absolute Gasteiger partial charge is 0.444 e. The molecule has 0 spiro atoms. The molecular formula is C25H26N2O3. The molecule has 1 N–H and O–H groups in total. The van der Waals surface area contributed by atoms with Crippen LogP contribution in [-0.4, -0.2) is 24.6 Å². The maximum Gasteiger partial charge on any atom is 0.412 e. The Bertz CT molecular complexity index is 1110. The summed E-state index contributed by atoms with van der Waals surface area (Å²) < 4.78 is 5.38. The molecule has 0 saturated heterocycles. The van der Waals surface area contributed by atoms with Gasteiger partial charge in [-0.25, -0.2) is 4.79 Å². The molecule has 2 amide bonds. The number of rotatable bonds is 4. The number of fused-ring (bicyclic) bond motifs is 1. The van der Waals surface area contributed by atoms with Crippen LogP contribution in [0.25, 0.3) is 21.9 Å². The van der Waals surface area contributed by atoms with E-state index < -0.39 is 11.7 Å². The highest BCUT2D eigenvalue weighted by atomic mass is 16.6. The molecule has 0 heterocycles. The molecule has 3 rings (SSSR count). The molecule has 0 bridgehead atoms. The van der Waals surface area contributed by atoms with Gasteiger partial charge in [-0.05, 0) is 67.6 Å². The minimum atomic E-state index is -0.574. The van der Waals surface area contributed by atoms with Crippen molar-refractivity contribution < 1.29 is 14.3 Å². The standard InChI is InChI=1S/C25H26N2O3/c1-6-23(28)27(5)20-11-7-10-18(15-20)19-14-13-17-9-8-12-22(21(17)16-19)26-24(29)30-25(2,3)4/h6-16H,1H2,2-5H3,(H,26,29). The quantitative estimate of drug-likeness (QED) is 0.544. The molecule has 0 aliphatic rings. The van der Waals surface area contributed by atoms with Crippen LogP contribution < -0.4 is 10.2 Å². The van der Waals surface area contributed by atoms with Gasteiger partial charge in [0.15, 0.2) is 0 Å². The van der Waals surface area contributed by atoms with Crippen molar-refractivity contribution in [1.82, 2.24) is 0 Å². The van der Waals surface area contributed by atoms with Crippen molar-refractivity contribution in [3.8, 4) is 11.1 Å². The number of hydrogen-bond acceptors (Lipinski definition) is 3. The number of hydrogen-bond donors (Lipinski definition) is 1. The first-order valence-electron chi connectivity index (χ1n) is 9.71. The minimum absolute atomic E-state index is 0.172. The second-order valence-electron chi connectivity index (χ2n) is 8.02. The van der Waals surface area contributed by atoms with E-state index in [9.17, 15) is 9.59 Å². The van der Waals surface area contributed by atoms with E-state index in [0.29, 0.717) is 5.69 Å². The lowest BCUT2D eigenvalue weighted by Gasteiger charge is -2.20. The van der Waals surface area contributed by atoms with Gasteiger partial charge >= 0.3 is 6.09 Å². The van der Waals surface area contributed by atoms with Crippen molar-refractivity contribution in [1.29, 1.82) is 0 Å². The van der Waals surface area contributed by atoms with Crippen LogP contribution in [0.2, 0.25) is 0 Å². The van der Waals surface area contributed by atoms with Gasteiger partial charge in [-0.15, -0.1) is 0 Å². The Labute approximate surface area is 177 Å². The van der Waals surface area contributed by atoms with Crippen LogP contribution in [0.5, 0.6) is 0 Å². The number of benzene rings is 3. The van der Waals surface area contributed by atoms with Gasteiger partial charge in [0.2, 0.25) is 5.91 Å². The van der Waals surface area contributed by atoms with Crippen molar-refractivity contribution in [2.45, 2.75) is 26.4 Å². The number of anilines is 2. The lowest BCUT2D eigenvalue weighted by atomic mass is 9.99. The molecule has 0 fully saturated rings. The zero-order chi connectivity index (χ0) is 21.9. The number of carbonyl (C=O) groups excluding carboxylic acids is 2. The molecule has 30 heavy (non-hydrogen) atoms. The van der Waals surface area contributed by atoms with E-state index in [0.717, 1.165) is 27.6 Å². The Morgan fingerprint density at radius 2 is 1.70 bits per heavy atom. The fourth-order valence-corrected chi connectivity index (χ4v) is 3.13. The number of nitrogens with zero attached hydrogens (tertiary/aromatic N) is 1. The topological polar surface area (TPSA) is 58.6 Å². The summed E-state index contributed by atoms with van der Waals surface area (Å²) in [6.45, 7) is 9.03. The summed E-state index contributed by atoms with van der Waals surface area (Å²) in [5, 5.41) is 4.75. The zero-order valence-corrected chi connectivity index (χ0v) is 17.7. The van der Waals surface area contributed by atoms with Crippen molar-refractivity contribution in [2.24, 2.45) is 0 Å². The third-order valence-corrected chi connectivity index (χ3v) is 4.59. The molecule has 5 heteroatoms. The molecule has 0 saturated carbocycles. The van der Waals surface area contributed by atoms with Crippen LogP contribution in [0.4, 0.5) is 16.2 Å². The van der Waals surface area contributed by atoms with Gasteiger partial charge in [-0.2, -0.15) is 0 Å². The number of likely N-dealkylation sites (N-methyl/N-ethyl adjacent to an activating group) is 1. The summed E-state index contributed by atoms with van der Waals surface area (Å²) in [5.74, 6) is -0.172. The third kappa shape index (κ3) is 4.87. The second kappa shape index (κ2) is 8.41. The van der Waals surface area contributed by atoms with Crippen molar-refractivity contribution in [3.63, 3.8) is 0 Å². The Balaban J connectivity index is 1.98. The van der Waals surface area contributed by atoms with Crippen LogP contribution in [0.15, 0.2) is 73.3 Å². The Morgan fingerprint density at radius 1 is 1.00 bits per heavy atom. The molecule has 5 nitrogen and oxygen atoms in total. The SMILES string of the molecule is C=CC(=O)N(C)c1cccc(-c2ccc3cccc(NC(=O)OC(C)(C)C)c3c2)c1. The Hall–Kier alpha value is -3.60. The molecular weight excluding hydrogens is 376 g/mol. The van der Waals surface area contributed by atoms with Crippen LogP contribution >= 0.6 is 0 Å². The highest BCUT2D eigenvalue weighted by Crippen LogP contribution is 2.31. The third-order valence-electron chi connectivity index (χ3n) is 4.59. The first-order valence-corrected chi connectivity index (χ1v) is 9.71. The van der Waals surface area contributed by atoms with Gasteiger partial charge in [0.05, 0.1) is 5.69 Å². The monoisotopic (exact) mass is 402 g/mol. The summed E-state index contributed by atoms with van der Waals surface area (Å²) in [6.07, 6.45) is 0.795. The Kier molecular flexibility index (Phi) is 5.92. The molecule has 0 aromatic heterocycles. The number of carbonyl (C=O) groups is 2. The molecule has 0 aliphatic heterocycles. The number of nitrogens with one attached hydrogen (secondary N) is 1. The van der Waals surface area contributed by atoms with E-state index in [-0.39, 0.29) is 5.91 Å². The normalized spacial score (nSPS) is 11.1. The van der Waals surface area contributed by atoms with Crippen molar-refractivity contribution >= 4 is 34.1 Å². The van der Waals surface area contributed by atoms with E-state index in [4.69, 9.17) is 4.74 Å². The first-order chi connectivity index (χ1) is 14.2. The summed E-state index contributed by atoms with van der Waals surface area (Å²) >= 11 is 0. The van der Waals surface area contributed by atoms with Gasteiger partial charge in [0.1, 0.15) is 5.60 Å². The van der Waals surface area contributed by atoms with Gasteiger partial charge in [-0.1, -0.05) is 43.0 Å². The van der Waals surface area contributed by atoms with Crippen LogP contribution in [0, 0.1) is 0 Å². The predicted molar refractivity (Wildman–Crippen MR) is 123 cm³/mol. The highest BCUT2D eigenvalue weighted by molar-refractivity contribution is 6.03. The summed E-state index contributed by atoms with van der Waals surface area (Å²) in [7, 11) is 1.71. The summed E-state index contributed by atoms with van der Waals surface area (Å²) in [5.41, 5.74) is 2.82. The van der Waals surface area contributed by atoms with Gasteiger partial charge in [-0.3, -0.25) is 10.1 Å². The molecule has 3 aromatic rings. The van der Waals surface area contributed by atoms with Gasteiger partial charge in [0.25, 0.3) is 0 Å². The van der Waals surface area contributed by atoms with E-state index in [2.05, 4.69) is 11.9 Å². The maximum absolute atomic E-state index is 12.3. The molecule has 3 aromatic carbocycles. The van der Waals surface area contributed by atoms with E-state index >= 15 is 0 Å². The summed E-state index contributed by atoms with van der Waals surface area (Å²) in [4.78, 5) is 25.7. The summed E-state index contributed by atoms with van der Waals surface area (Å²) in [6, 6.07) is 19.5. The van der Waals surface area contributed by atoms with Crippen LogP contribution in [0.1, 0.15) is 20.8 Å². The maximum atomic E-state index is 12.3. The molecule has 0 aliphatic carbocycles. The average Bonchev–Trinajstić information content (AvgIpc) is 2.71.